The number of carbonyl (C=O) groups excluding carboxylic acids is 1. The third-order valence-electron chi connectivity index (χ3n) is 5.32. The Kier molecular flexibility index (Phi) is 7.61. The highest BCUT2D eigenvalue weighted by Crippen LogP contribution is 2.33. The number of nitrogens with one attached hydrogen (secondary N) is 1. The van der Waals surface area contributed by atoms with E-state index in [9.17, 15) is 18.0 Å². The number of aromatic nitrogens is 2. The summed E-state index contributed by atoms with van der Waals surface area (Å²) in [5, 5.41) is 2.58. The van der Waals surface area contributed by atoms with Crippen LogP contribution in [0, 0.1) is 0 Å². The van der Waals surface area contributed by atoms with E-state index in [1.54, 1.807) is 0 Å². The van der Waals surface area contributed by atoms with Crippen LogP contribution in [0.3, 0.4) is 0 Å². The van der Waals surface area contributed by atoms with Gasteiger partial charge in [0.25, 0.3) is 0 Å². The Morgan fingerprint density at radius 1 is 1.16 bits per heavy atom. The monoisotopic (exact) mass is 457 g/mol. The van der Waals surface area contributed by atoms with Gasteiger partial charge in [0.2, 0.25) is 5.91 Å². The molecular weight excluding hydrogens is 431 g/mol. The van der Waals surface area contributed by atoms with E-state index in [1.807, 2.05) is 17.3 Å². The van der Waals surface area contributed by atoms with Crippen LogP contribution in [0.15, 0.2) is 30.6 Å². The van der Waals surface area contributed by atoms with Crippen LogP contribution in [-0.2, 0) is 17.5 Å². The summed E-state index contributed by atoms with van der Waals surface area (Å²) in [6.45, 7) is 9.18. The SMILES string of the molecule is CC(C)c1nccn1CCN1CCN(CC(=O)Nc2cc(C(F)(F)F)ccc2Cl)CC1. The van der Waals surface area contributed by atoms with Crippen molar-refractivity contribution >= 4 is 23.2 Å². The molecule has 3 rings (SSSR count). The third kappa shape index (κ3) is 6.44. The maximum Gasteiger partial charge on any atom is 0.416 e. The highest BCUT2D eigenvalue weighted by Gasteiger charge is 2.31. The topological polar surface area (TPSA) is 53.4 Å². The number of anilines is 1. The summed E-state index contributed by atoms with van der Waals surface area (Å²) >= 11 is 5.95. The molecule has 2 aromatic rings. The van der Waals surface area contributed by atoms with Gasteiger partial charge in [-0.1, -0.05) is 25.4 Å². The van der Waals surface area contributed by atoms with E-state index in [4.69, 9.17) is 11.6 Å². The second-order valence-electron chi connectivity index (χ2n) is 7.99. The van der Waals surface area contributed by atoms with Crippen molar-refractivity contribution in [3.63, 3.8) is 0 Å². The highest BCUT2D eigenvalue weighted by atomic mass is 35.5. The van der Waals surface area contributed by atoms with Gasteiger partial charge >= 0.3 is 6.18 Å². The number of hydrogen-bond acceptors (Lipinski definition) is 4. The van der Waals surface area contributed by atoms with Crippen molar-refractivity contribution in [3.05, 3.63) is 47.0 Å². The quantitative estimate of drug-likeness (QED) is 0.684. The zero-order valence-electron chi connectivity index (χ0n) is 17.6. The zero-order valence-corrected chi connectivity index (χ0v) is 18.4. The first-order valence-corrected chi connectivity index (χ1v) is 10.6. The van der Waals surface area contributed by atoms with E-state index in [0.29, 0.717) is 19.0 Å². The van der Waals surface area contributed by atoms with Crippen LogP contribution in [0.1, 0.15) is 31.2 Å². The molecule has 1 aliphatic heterocycles. The summed E-state index contributed by atoms with van der Waals surface area (Å²) in [5.74, 6) is 1.06. The first-order chi connectivity index (χ1) is 14.6. The van der Waals surface area contributed by atoms with Gasteiger partial charge in [-0.15, -0.1) is 0 Å². The van der Waals surface area contributed by atoms with Gasteiger partial charge in [-0.05, 0) is 18.2 Å². The fourth-order valence-electron chi connectivity index (χ4n) is 3.62. The van der Waals surface area contributed by atoms with Gasteiger partial charge in [-0.3, -0.25) is 14.6 Å². The van der Waals surface area contributed by atoms with Gasteiger partial charge in [0.15, 0.2) is 0 Å². The van der Waals surface area contributed by atoms with Gasteiger partial charge in [0, 0.05) is 57.6 Å². The predicted octanol–water partition coefficient (Wildman–Crippen LogP) is 3.94. The average molecular weight is 458 g/mol. The molecule has 1 aromatic carbocycles. The molecule has 31 heavy (non-hydrogen) atoms. The number of nitrogens with zero attached hydrogens (tertiary/aromatic N) is 4. The molecule has 1 fully saturated rings. The van der Waals surface area contributed by atoms with Crippen LogP contribution in [0.2, 0.25) is 5.02 Å². The summed E-state index contributed by atoms with van der Waals surface area (Å²) < 4.78 is 40.8. The maximum atomic E-state index is 12.9. The van der Waals surface area contributed by atoms with Crippen molar-refractivity contribution in [2.24, 2.45) is 0 Å². The van der Waals surface area contributed by atoms with E-state index >= 15 is 0 Å². The molecule has 0 saturated carbocycles. The van der Waals surface area contributed by atoms with Gasteiger partial charge in [-0.25, -0.2) is 4.98 Å². The number of imidazole rings is 1. The standard InChI is InChI=1S/C21H27ClF3N5O/c1-15(2)20-26-5-6-30(20)12-11-28-7-9-29(10-8-28)14-19(31)27-18-13-16(21(23,24)25)3-4-17(18)22/h3-6,13,15H,7-12,14H2,1-2H3,(H,27,31). The number of alkyl halides is 3. The van der Waals surface area contributed by atoms with Crippen molar-refractivity contribution < 1.29 is 18.0 Å². The Hall–Kier alpha value is -2.10. The van der Waals surface area contributed by atoms with Crippen LogP contribution in [0.25, 0.3) is 0 Å². The van der Waals surface area contributed by atoms with E-state index < -0.39 is 11.7 Å². The Morgan fingerprint density at radius 2 is 1.84 bits per heavy atom. The first kappa shape index (κ1) is 23.6. The average Bonchev–Trinajstić information content (AvgIpc) is 3.17. The fourth-order valence-corrected chi connectivity index (χ4v) is 3.79. The molecule has 0 radical (unpaired) electrons. The van der Waals surface area contributed by atoms with Crippen molar-refractivity contribution in [2.45, 2.75) is 32.5 Å². The molecule has 1 amide bonds. The van der Waals surface area contributed by atoms with Gasteiger partial charge in [0.05, 0.1) is 22.8 Å². The van der Waals surface area contributed by atoms with Crippen LogP contribution < -0.4 is 5.32 Å². The molecule has 10 heteroatoms. The minimum Gasteiger partial charge on any atom is -0.333 e. The van der Waals surface area contributed by atoms with Crippen molar-refractivity contribution in [3.8, 4) is 0 Å². The number of benzene rings is 1. The van der Waals surface area contributed by atoms with Gasteiger partial charge in [-0.2, -0.15) is 13.2 Å². The van der Waals surface area contributed by atoms with Crippen molar-refractivity contribution in [1.82, 2.24) is 19.4 Å². The summed E-state index contributed by atoms with van der Waals surface area (Å²) in [6.07, 6.45) is -0.676. The maximum absolute atomic E-state index is 12.9. The molecule has 0 spiro atoms. The molecule has 1 N–H and O–H groups in total. The molecule has 6 nitrogen and oxygen atoms in total. The largest absolute Gasteiger partial charge is 0.416 e. The second kappa shape index (κ2) is 10.0. The summed E-state index contributed by atoms with van der Waals surface area (Å²) in [4.78, 5) is 21.1. The molecule has 1 saturated heterocycles. The molecule has 1 aliphatic rings. The Bertz CT molecular complexity index is 891. The Labute approximate surface area is 185 Å². The van der Waals surface area contributed by atoms with E-state index in [2.05, 4.69) is 33.6 Å². The lowest BCUT2D eigenvalue weighted by atomic mass is 10.2. The number of hydrogen-bond donors (Lipinski definition) is 1. The number of carbonyl (C=O) groups is 1. The van der Waals surface area contributed by atoms with E-state index in [-0.39, 0.29) is 23.2 Å². The Morgan fingerprint density at radius 3 is 2.48 bits per heavy atom. The molecule has 0 aliphatic carbocycles. The lowest BCUT2D eigenvalue weighted by molar-refractivity contribution is -0.137. The summed E-state index contributed by atoms with van der Waals surface area (Å²) in [5.41, 5.74) is -0.874. The minimum atomic E-state index is -4.49. The molecular formula is C21H27ClF3N5O. The fraction of sp³-hybridized carbons (Fsp3) is 0.524. The van der Waals surface area contributed by atoms with Gasteiger partial charge < -0.3 is 9.88 Å². The van der Waals surface area contributed by atoms with Crippen LogP contribution >= 0.6 is 11.6 Å². The van der Waals surface area contributed by atoms with Crippen LogP contribution in [0.5, 0.6) is 0 Å². The molecule has 0 atom stereocenters. The molecule has 1 aromatic heterocycles. The lowest BCUT2D eigenvalue weighted by Crippen LogP contribution is -2.49. The summed E-state index contributed by atoms with van der Waals surface area (Å²) in [7, 11) is 0. The number of piperazine rings is 1. The molecule has 0 bridgehead atoms. The third-order valence-corrected chi connectivity index (χ3v) is 5.65. The smallest absolute Gasteiger partial charge is 0.333 e. The number of rotatable bonds is 7. The van der Waals surface area contributed by atoms with Gasteiger partial charge in [0.1, 0.15) is 5.82 Å². The van der Waals surface area contributed by atoms with Crippen molar-refractivity contribution in [2.75, 3.05) is 44.6 Å². The number of amides is 1. The molecule has 0 unspecified atom stereocenters. The molecule has 170 valence electrons. The highest BCUT2D eigenvalue weighted by molar-refractivity contribution is 6.33. The van der Waals surface area contributed by atoms with Crippen LogP contribution in [-0.4, -0.2) is 64.5 Å². The first-order valence-electron chi connectivity index (χ1n) is 10.3. The summed E-state index contributed by atoms with van der Waals surface area (Å²) in [6, 6.07) is 2.90. The van der Waals surface area contributed by atoms with E-state index in [1.165, 1.54) is 0 Å². The Balaban J connectivity index is 1.45. The zero-order chi connectivity index (χ0) is 22.6. The minimum absolute atomic E-state index is 0.0265. The van der Waals surface area contributed by atoms with E-state index in [0.717, 1.165) is 50.2 Å². The normalized spacial score (nSPS) is 16.1. The number of halogens is 4. The lowest BCUT2D eigenvalue weighted by Gasteiger charge is -2.34. The predicted molar refractivity (Wildman–Crippen MR) is 114 cm³/mol. The second-order valence-corrected chi connectivity index (χ2v) is 8.40. The molecule has 2 heterocycles. The van der Waals surface area contributed by atoms with Crippen molar-refractivity contribution in [1.29, 1.82) is 0 Å². The van der Waals surface area contributed by atoms with Crippen LogP contribution in [0.4, 0.5) is 18.9 Å².